The SMILES string of the molecule is CC(=O)N1CCN(c2cc3c(-c4cn(C5CS(=O)C5)nc4-c4ccc(F)cc4)ncnc3o2)CC1. The zero-order chi connectivity index (χ0) is 24.1. The number of hydrogen-bond donors (Lipinski definition) is 0. The van der Waals surface area contributed by atoms with Crippen LogP contribution in [0, 0.1) is 5.82 Å². The molecule has 0 aliphatic carbocycles. The molecule has 0 radical (unpaired) electrons. The van der Waals surface area contributed by atoms with Crippen LogP contribution >= 0.6 is 0 Å². The second kappa shape index (κ2) is 8.56. The van der Waals surface area contributed by atoms with Crippen LogP contribution in [0.25, 0.3) is 33.6 Å². The van der Waals surface area contributed by atoms with E-state index in [0.717, 1.165) is 16.5 Å². The van der Waals surface area contributed by atoms with Crippen LogP contribution in [0.5, 0.6) is 0 Å². The highest BCUT2D eigenvalue weighted by Crippen LogP contribution is 2.37. The number of furan rings is 1. The molecule has 5 heterocycles. The molecule has 6 rings (SSSR count). The molecule has 4 aromatic rings. The lowest BCUT2D eigenvalue weighted by Crippen LogP contribution is -2.48. The number of anilines is 1. The Kier molecular flexibility index (Phi) is 5.36. The second-order valence-corrected chi connectivity index (χ2v) is 10.4. The molecule has 2 aliphatic heterocycles. The van der Waals surface area contributed by atoms with Crippen LogP contribution in [0.15, 0.2) is 47.3 Å². The Morgan fingerprint density at radius 3 is 2.51 bits per heavy atom. The van der Waals surface area contributed by atoms with Crippen molar-refractivity contribution >= 4 is 33.7 Å². The van der Waals surface area contributed by atoms with Crippen LogP contribution in [0.4, 0.5) is 10.3 Å². The van der Waals surface area contributed by atoms with Gasteiger partial charge >= 0.3 is 0 Å². The van der Waals surface area contributed by atoms with Gasteiger partial charge in [-0.1, -0.05) is 0 Å². The van der Waals surface area contributed by atoms with E-state index in [0.29, 0.717) is 60.7 Å². The maximum atomic E-state index is 13.6. The summed E-state index contributed by atoms with van der Waals surface area (Å²) in [7, 11) is -0.821. The van der Waals surface area contributed by atoms with Crippen molar-refractivity contribution < 1.29 is 17.8 Å². The Morgan fingerprint density at radius 2 is 1.83 bits per heavy atom. The molecule has 2 aliphatic rings. The van der Waals surface area contributed by atoms with Crippen molar-refractivity contribution in [3.63, 3.8) is 0 Å². The van der Waals surface area contributed by atoms with Crippen molar-refractivity contribution in [3.8, 4) is 22.5 Å². The van der Waals surface area contributed by atoms with Gasteiger partial charge in [-0.3, -0.25) is 13.7 Å². The summed E-state index contributed by atoms with van der Waals surface area (Å²) >= 11 is 0. The van der Waals surface area contributed by atoms with Gasteiger partial charge in [0.05, 0.1) is 17.1 Å². The normalized spacial score (nSPS) is 20.3. The topological polar surface area (TPSA) is 97.4 Å². The molecule has 0 bridgehead atoms. The lowest BCUT2D eigenvalue weighted by atomic mass is 10.0. The number of carbonyl (C=O) groups is 1. The van der Waals surface area contributed by atoms with Crippen LogP contribution in [0.3, 0.4) is 0 Å². The fourth-order valence-corrected chi connectivity index (χ4v) is 5.63. The predicted octanol–water partition coefficient (Wildman–Crippen LogP) is 2.86. The lowest BCUT2D eigenvalue weighted by Gasteiger charge is -2.33. The monoisotopic (exact) mass is 494 g/mol. The third-order valence-corrected chi connectivity index (χ3v) is 8.10. The molecule has 0 saturated carbocycles. The van der Waals surface area contributed by atoms with Crippen LogP contribution in [0.2, 0.25) is 0 Å². The molecule has 1 amide bonds. The third-order valence-electron chi connectivity index (χ3n) is 6.59. The van der Waals surface area contributed by atoms with E-state index in [9.17, 15) is 13.4 Å². The molecule has 1 aromatic carbocycles. The molecule has 180 valence electrons. The first-order chi connectivity index (χ1) is 17.0. The summed E-state index contributed by atoms with van der Waals surface area (Å²) in [6, 6.07) is 8.18. The molecule has 0 N–H and O–H groups in total. The van der Waals surface area contributed by atoms with E-state index in [1.165, 1.54) is 18.5 Å². The number of piperazine rings is 1. The molecule has 11 heteroatoms. The first-order valence-electron chi connectivity index (χ1n) is 11.4. The van der Waals surface area contributed by atoms with Crippen LogP contribution < -0.4 is 4.90 Å². The Bertz CT molecular complexity index is 1430. The quantitative estimate of drug-likeness (QED) is 0.430. The highest BCUT2D eigenvalue weighted by atomic mass is 32.2. The molecule has 0 unspecified atom stereocenters. The summed E-state index contributed by atoms with van der Waals surface area (Å²) in [5, 5.41) is 5.54. The van der Waals surface area contributed by atoms with Crippen LogP contribution in [0.1, 0.15) is 13.0 Å². The number of hydrogen-bond acceptors (Lipinski definition) is 7. The number of benzene rings is 1. The smallest absolute Gasteiger partial charge is 0.232 e. The Labute approximate surface area is 203 Å². The largest absolute Gasteiger partial charge is 0.422 e. The standard InChI is InChI=1S/C24H23FN6O3S/c1-15(32)29-6-8-30(9-7-29)21-10-19-23(26-14-27-24(19)34-21)20-11-31(18-12-35(33)13-18)28-22(20)16-2-4-17(25)5-3-16/h2-5,10-11,14,18H,6-9,12-13H2,1H3. The molecule has 3 aromatic heterocycles. The molecule has 2 fully saturated rings. The number of amides is 1. The highest BCUT2D eigenvalue weighted by Gasteiger charge is 2.30. The molecular formula is C24H23FN6O3S. The minimum atomic E-state index is -0.821. The number of aromatic nitrogens is 4. The summed E-state index contributed by atoms with van der Waals surface area (Å²) in [6.07, 6.45) is 3.38. The molecular weight excluding hydrogens is 471 g/mol. The van der Waals surface area contributed by atoms with Gasteiger partial charge in [0.2, 0.25) is 11.6 Å². The van der Waals surface area contributed by atoms with Gasteiger partial charge in [0.15, 0.2) is 5.88 Å². The van der Waals surface area contributed by atoms with Crippen molar-refractivity contribution in [2.24, 2.45) is 0 Å². The van der Waals surface area contributed by atoms with Gasteiger partial charge in [-0.15, -0.1) is 0 Å². The van der Waals surface area contributed by atoms with Gasteiger partial charge in [0.25, 0.3) is 0 Å². The lowest BCUT2D eigenvalue weighted by molar-refractivity contribution is -0.129. The van der Waals surface area contributed by atoms with Gasteiger partial charge in [-0.05, 0) is 24.3 Å². The maximum absolute atomic E-state index is 13.6. The summed E-state index contributed by atoms with van der Waals surface area (Å²) in [5.74, 6) is 1.55. The summed E-state index contributed by atoms with van der Waals surface area (Å²) in [4.78, 5) is 24.5. The number of fused-ring (bicyclic) bond motifs is 1. The van der Waals surface area contributed by atoms with E-state index < -0.39 is 10.8 Å². The van der Waals surface area contributed by atoms with Crippen molar-refractivity contribution in [2.45, 2.75) is 13.0 Å². The molecule has 0 atom stereocenters. The second-order valence-electron chi connectivity index (χ2n) is 8.82. The van der Waals surface area contributed by atoms with Gasteiger partial charge in [0, 0.05) is 78.8 Å². The van der Waals surface area contributed by atoms with Gasteiger partial charge in [-0.2, -0.15) is 5.10 Å². The van der Waals surface area contributed by atoms with E-state index in [2.05, 4.69) is 14.9 Å². The molecule has 2 saturated heterocycles. The predicted molar refractivity (Wildman–Crippen MR) is 130 cm³/mol. The van der Waals surface area contributed by atoms with Crippen molar-refractivity contribution in [2.75, 3.05) is 42.6 Å². The zero-order valence-electron chi connectivity index (χ0n) is 19.1. The highest BCUT2D eigenvalue weighted by molar-refractivity contribution is 7.86. The Balaban J connectivity index is 1.41. The van der Waals surface area contributed by atoms with E-state index in [4.69, 9.17) is 9.52 Å². The third kappa shape index (κ3) is 3.99. The summed E-state index contributed by atoms with van der Waals surface area (Å²) in [5.41, 5.74) is 3.33. The number of halogens is 1. The van der Waals surface area contributed by atoms with Crippen molar-refractivity contribution in [3.05, 3.63) is 48.7 Å². The van der Waals surface area contributed by atoms with Crippen LogP contribution in [-0.2, 0) is 15.6 Å². The first kappa shape index (κ1) is 21.9. The molecule has 35 heavy (non-hydrogen) atoms. The maximum Gasteiger partial charge on any atom is 0.232 e. The van der Waals surface area contributed by atoms with Crippen LogP contribution in [-0.4, -0.2) is 72.4 Å². The van der Waals surface area contributed by atoms with E-state index in [1.54, 1.807) is 19.1 Å². The van der Waals surface area contributed by atoms with Gasteiger partial charge in [0.1, 0.15) is 17.8 Å². The van der Waals surface area contributed by atoms with Crippen molar-refractivity contribution in [1.29, 1.82) is 0 Å². The fraction of sp³-hybridized carbons (Fsp3) is 0.333. The number of nitrogens with zero attached hydrogens (tertiary/aromatic N) is 6. The number of carbonyl (C=O) groups excluding carboxylic acids is 1. The minimum absolute atomic E-state index is 0.0543. The van der Waals surface area contributed by atoms with E-state index in [-0.39, 0.29) is 17.8 Å². The van der Waals surface area contributed by atoms with Gasteiger partial charge in [-0.25, -0.2) is 14.4 Å². The fourth-order valence-electron chi connectivity index (χ4n) is 4.56. The Morgan fingerprint density at radius 1 is 1.09 bits per heavy atom. The first-order valence-corrected chi connectivity index (χ1v) is 12.9. The molecule has 9 nitrogen and oxygen atoms in total. The average Bonchev–Trinajstić information content (AvgIpc) is 3.47. The van der Waals surface area contributed by atoms with E-state index in [1.807, 2.05) is 21.8 Å². The number of rotatable bonds is 4. The zero-order valence-corrected chi connectivity index (χ0v) is 19.9. The minimum Gasteiger partial charge on any atom is -0.422 e. The molecule has 0 spiro atoms. The Hall–Kier alpha value is -3.60. The summed E-state index contributed by atoms with van der Waals surface area (Å²) < 4.78 is 33.2. The summed E-state index contributed by atoms with van der Waals surface area (Å²) in [6.45, 7) is 4.18. The van der Waals surface area contributed by atoms with Gasteiger partial charge < -0.3 is 14.2 Å². The van der Waals surface area contributed by atoms with Crippen molar-refractivity contribution in [1.82, 2.24) is 24.6 Å². The van der Waals surface area contributed by atoms with E-state index >= 15 is 0 Å². The average molecular weight is 495 g/mol.